The van der Waals surface area contributed by atoms with Crippen LogP contribution >= 0.6 is 0 Å². The lowest BCUT2D eigenvalue weighted by molar-refractivity contribution is -0.124. The molecule has 0 bridgehead atoms. The molecule has 1 unspecified atom stereocenters. The predicted octanol–water partition coefficient (Wildman–Crippen LogP) is 2.03. The van der Waals surface area contributed by atoms with Gasteiger partial charge < -0.3 is 20.1 Å². The molecule has 0 aliphatic carbocycles. The average Bonchev–Trinajstić information content (AvgIpc) is 2.97. The fourth-order valence-electron chi connectivity index (χ4n) is 2.57. The molecule has 1 aliphatic rings. The van der Waals surface area contributed by atoms with Gasteiger partial charge in [0.25, 0.3) is 0 Å². The molecule has 2 rings (SSSR count). The van der Waals surface area contributed by atoms with Crippen LogP contribution in [0.5, 0.6) is 11.5 Å². The first-order valence-corrected chi connectivity index (χ1v) is 6.89. The lowest BCUT2D eigenvalue weighted by Crippen LogP contribution is -2.37. The van der Waals surface area contributed by atoms with Gasteiger partial charge in [0, 0.05) is 12.6 Å². The SMILES string of the molecule is CCC1(C(=O)Nc2cc(OC)ccc2OC)CCNC1. The fraction of sp³-hybridized carbons (Fsp3) is 0.533. The summed E-state index contributed by atoms with van der Waals surface area (Å²) in [4.78, 5) is 12.6. The van der Waals surface area contributed by atoms with Crippen LogP contribution in [0.1, 0.15) is 19.8 Å². The van der Waals surface area contributed by atoms with Gasteiger partial charge in [-0.3, -0.25) is 4.79 Å². The van der Waals surface area contributed by atoms with Gasteiger partial charge in [-0.1, -0.05) is 6.92 Å². The van der Waals surface area contributed by atoms with E-state index in [0.29, 0.717) is 17.2 Å². The zero-order valence-electron chi connectivity index (χ0n) is 12.3. The van der Waals surface area contributed by atoms with Crippen LogP contribution in [0, 0.1) is 5.41 Å². The number of methoxy groups -OCH3 is 2. The smallest absolute Gasteiger partial charge is 0.232 e. The Balaban J connectivity index is 2.22. The Kier molecular flexibility index (Phi) is 4.49. The molecule has 2 N–H and O–H groups in total. The van der Waals surface area contributed by atoms with Crippen LogP contribution in [0.15, 0.2) is 18.2 Å². The molecule has 1 fully saturated rings. The summed E-state index contributed by atoms with van der Waals surface area (Å²) < 4.78 is 10.5. The van der Waals surface area contributed by atoms with Crippen LogP contribution in [-0.2, 0) is 4.79 Å². The van der Waals surface area contributed by atoms with Crippen LogP contribution in [0.25, 0.3) is 0 Å². The summed E-state index contributed by atoms with van der Waals surface area (Å²) in [6, 6.07) is 5.38. The number of hydrogen-bond acceptors (Lipinski definition) is 4. The molecule has 1 aromatic carbocycles. The standard InChI is InChI=1S/C15H22N2O3/c1-4-15(7-8-16-10-15)14(18)17-12-9-11(19-2)5-6-13(12)20-3/h5-6,9,16H,4,7-8,10H2,1-3H3,(H,17,18). The van der Waals surface area contributed by atoms with Gasteiger partial charge in [0.2, 0.25) is 5.91 Å². The van der Waals surface area contributed by atoms with Crippen molar-refractivity contribution in [1.29, 1.82) is 0 Å². The Morgan fingerprint density at radius 1 is 1.40 bits per heavy atom. The monoisotopic (exact) mass is 278 g/mol. The molecular formula is C15H22N2O3. The molecule has 110 valence electrons. The van der Waals surface area contributed by atoms with Crippen LogP contribution in [0.3, 0.4) is 0 Å². The second kappa shape index (κ2) is 6.13. The minimum absolute atomic E-state index is 0.0385. The van der Waals surface area contributed by atoms with Gasteiger partial charge in [-0.15, -0.1) is 0 Å². The quantitative estimate of drug-likeness (QED) is 0.865. The third-order valence-corrected chi connectivity index (χ3v) is 4.06. The maximum Gasteiger partial charge on any atom is 0.232 e. The van der Waals surface area contributed by atoms with Crippen molar-refractivity contribution in [1.82, 2.24) is 5.32 Å². The highest BCUT2D eigenvalue weighted by Crippen LogP contribution is 2.34. The molecule has 1 aromatic rings. The molecule has 0 spiro atoms. The van der Waals surface area contributed by atoms with Crippen molar-refractivity contribution in [3.8, 4) is 11.5 Å². The molecule has 0 aromatic heterocycles. The van der Waals surface area contributed by atoms with Gasteiger partial charge in [-0.2, -0.15) is 0 Å². The van der Waals surface area contributed by atoms with Crippen LogP contribution in [-0.4, -0.2) is 33.2 Å². The average molecular weight is 278 g/mol. The summed E-state index contributed by atoms with van der Waals surface area (Å²) in [5.41, 5.74) is 0.324. The van der Waals surface area contributed by atoms with E-state index in [9.17, 15) is 4.79 Å². The Morgan fingerprint density at radius 2 is 2.20 bits per heavy atom. The van der Waals surface area contributed by atoms with Crippen molar-refractivity contribution < 1.29 is 14.3 Å². The van der Waals surface area contributed by atoms with E-state index in [1.165, 1.54) is 0 Å². The highest BCUT2D eigenvalue weighted by molar-refractivity contribution is 5.97. The number of carbonyl (C=O) groups excluding carboxylic acids is 1. The molecule has 20 heavy (non-hydrogen) atoms. The number of amides is 1. The van der Waals surface area contributed by atoms with E-state index in [1.54, 1.807) is 32.4 Å². The van der Waals surface area contributed by atoms with E-state index in [2.05, 4.69) is 17.6 Å². The van der Waals surface area contributed by atoms with E-state index >= 15 is 0 Å². The summed E-state index contributed by atoms with van der Waals surface area (Å²) in [6.07, 6.45) is 1.68. The lowest BCUT2D eigenvalue weighted by Gasteiger charge is -2.25. The summed E-state index contributed by atoms with van der Waals surface area (Å²) in [5, 5.41) is 6.25. The molecule has 5 heteroatoms. The highest BCUT2D eigenvalue weighted by atomic mass is 16.5. The number of anilines is 1. The van der Waals surface area contributed by atoms with E-state index in [-0.39, 0.29) is 11.3 Å². The van der Waals surface area contributed by atoms with E-state index in [1.807, 2.05) is 0 Å². The topological polar surface area (TPSA) is 59.6 Å². The predicted molar refractivity (Wildman–Crippen MR) is 78.4 cm³/mol. The number of nitrogens with one attached hydrogen (secondary N) is 2. The Bertz CT molecular complexity index is 482. The molecule has 0 radical (unpaired) electrons. The molecule has 1 atom stereocenters. The number of ether oxygens (including phenoxy) is 2. The summed E-state index contributed by atoms with van der Waals surface area (Å²) in [6.45, 7) is 3.66. The maximum atomic E-state index is 12.6. The normalized spacial score (nSPS) is 21.6. The molecule has 0 saturated carbocycles. The summed E-state index contributed by atoms with van der Waals surface area (Å²) in [7, 11) is 3.19. The fourth-order valence-corrected chi connectivity index (χ4v) is 2.57. The molecule has 5 nitrogen and oxygen atoms in total. The first-order valence-electron chi connectivity index (χ1n) is 6.89. The zero-order valence-corrected chi connectivity index (χ0v) is 12.3. The van der Waals surface area contributed by atoms with Gasteiger partial charge in [-0.05, 0) is 31.5 Å². The van der Waals surface area contributed by atoms with E-state index in [4.69, 9.17) is 9.47 Å². The van der Waals surface area contributed by atoms with Crippen LogP contribution in [0.4, 0.5) is 5.69 Å². The third-order valence-electron chi connectivity index (χ3n) is 4.06. The van der Waals surface area contributed by atoms with E-state index < -0.39 is 0 Å². The number of benzene rings is 1. The summed E-state index contributed by atoms with van der Waals surface area (Å²) in [5.74, 6) is 1.36. The second-order valence-electron chi connectivity index (χ2n) is 5.08. The first kappa shape index (κ1) is 14.7. The molecular weight excluding hydrogens is 256 g/mol. The Hall–Kier alpha value is -1.75. The van der Waals surface area contributed by atoms with Gasteiger partial charge in [0.1, 0.15) is 11.5 Å². The van der Waals surface area contributed by atoms with Crippen molar-refractivity contribution in [3.05, 3.63) is 18.2 Å². The molecule has 1 heterocycles. The van der Waals surface area contributed by atoms with Crippen molar-refractivity contribution in [2.24, 2.45) is 5.41 Å². The Labute approximate surface area is 119 Å². The minimum atomic E-state index is -0.325. The van der Waals surface area contributed by atoms with Crippen LogP contribution < -0.4 is 20.1 Å². The van der Waals surface area contributed by atoms with Gasteiger partial charge in [0.05, 0.1) is 25.3 Å². The summed E-state index contributed by atoms with van der Waals surface area (Å²) >= 11 is 0. The van der Waals surface area contributed by atoms with Crippen molar-refractivity contribution in [2.45, 2.75) is 19.8 Å². The molecule has 1 amide bonds. The number of rotatable bonds is 5. The second-order valence-corrected chi connectivity index (χ2v) is 5.08. The van der Waals surface area contributed by atoms with Crippen molar-refractivity contribution in [3.63, 3.8) is 0 Å². The van der Waals surface area contributed by atoms with E-state index in [0.717, 1.165) is 25.9 Å². The van der Waals surface area contributed by atoms with Gasteiger partial charge >= 0.3 is 0 Å². The lowest BCUT2D eigenvalue weighted by atomic mass is 9.83. The highest BCUT2D eigenvalue weighted by Gasteiger charge is 2.39. The van der Waals surface area contributed by atoms with Gasteiger partial charge in [0.15, 0.2) is 0 Å². The number of hydrogen-bond donors (Lipinski definition) is 2. The minimum Gasteiger partial charge on any atom is -0.497 e. The molecule has 1 aliphatic heterocycles. The zero-order chi connectivity index (χ0) is 14.6. The largest absolute Gasteiger partial charge is 0.497 e. The van der Waals surface area contributed by atoms with Crippen LogP contribution in [0.2, 0.25) is 0 Å². The van der Waals surface area contributed by atoms with Gasteiger partial charge in [-0.25, -0.2) is 0 Å². The van der Waals surface area contributed by atoms with Crippen molar-refractivity contribution >= 4 is 11.6 Å². The van der Waals surface area contributed by atoms with Crippen molar-refractivity contribution in [2.75, 3.05) is 32.6 Å². The Morgan fingerprint density at radius 3 is 2.75 bits per heavy atom. The maximum absolute atomic E-state index is 12.6. The third kappa shape index (κ3) is 2.72. The number of carbonyl (C=O) groups is 1. The molecule has 1 saturated heterocycles. The first-order chi connectivity index (χ1) is 9.65.